The Labute approximate surface area is 137 Å². The zero-order valence-electron chi connectivity index (χ0n) is 12.5. The SMILES string of the molecule is CNC(=O)c1ccc(S(=O)(=O)N2CCCCC2CN)cc1.Cl. The summed E-state index contributed by atoms with van der Waals surface area (Å²) in [5, 5.41) is 2.50. The summed E-state index contributed by atoms with van der Waals surface area (Å²) in [6.45, 7) is 0.830. The van der Waals surface area contributed by atoms with Crippen molar-refractivity contribution in [1.82, 2.24) is 9.62 Å². The summed E-state index contributed by atoms with van der Waals surface area (Å²) in [7, 11) is -2.02. The third-order valence-electron chi connectivity index (χ3n) is 3.80. The van der Waals surface area contributed by atoms with Gasteiger partial charge in [-0.05, 0) is 37.1 Å². The van der Waals surface area contributed by atoms with Gasteiger partial charge in [-0.2, -0.15) is 4.31 Å². The molecule has 6 nitrogen and oxygen atoms in total. The van der Waals surface area contributed by atoms with Crippen molar-refractivity contribution in [1.29, 1.82) is 0 Å². The predicted octanol–water partition coefficient (Wildman–Crippen LogP) is 0.970. The number of rotatable bonds is 4. The molecule has 0 aromatic heterocycles. The number of piperidine rings is 1. The van der Waals surface area contributed by atoms with Gasteiger partial charge in [-0.1, -0.05) is 6.42 Å². The highest BCUT2D eigenvalue weighted by atomic mass is 35.5. The molecule has 1 aromatic carbocycles. The van der Waals surface area contributed by atoms with Crippen molar-refractivity contribution in [2.24, 2.45) is 5.73 Å². The second kappa shape index (κ2) is 7.92. The third kappa shape index (κ3) is 3.78. The van der Waals surface area contributed by atoms with Crippen LogP contribution >= 0.6 is 12.4 Å². The van der Waals surface area contributed by atoms with Gasteiger partial charge in [-0.3, -0.25) is 4.79 Å². The van der Waals surface area contributed by atoms with Crippen LogP contribution in [-0.4, -0.2) is 44.8 Å². The average Bonchev–Trinajstić information content (AvgIpc) is 2.54. The van der Waals surface area contributed by atoms with E-state index in [1.807, 2.05) is 0 Å². The molecule has 124 valence electrons. The minimum atomic E-state index is -3.55. The normalized spacial score (nSPS) is 19.3. The van der Waals surface area contributed by atoms with Gasteiger partial charge in [-0.25, -0.2) is 8.42 Å². The van der Waals surface area contributed by atoms with Crippen LogP contribution in [0.15, 0.2) is 29.2 Å². The predicted molar refractivity (Wildman–Crippen MR) is 87.7 cm³/mol. The number of nitrogens with two attached hydrogens (primary N) is 1. The van der Waals surface area contributed by atoms with Crippen molar-refractivity contribution < 1.29 is 13.2 Å². The average molecular weight is 348 g/mol. The minimum absolute atomic E-state index is 0. The standard InChI is InChI=1S/C14H21N3O3S.ClH/c1-16-14(18)11-5-7-13(8-6-11)21(19,20)17-9-3-2-4-12(17)10-15;/h5-8,12H,2-4,9-10,15H2,1H3,(H,16,18);1H. The number of sulfonamides is 1. The zero-order chi connectivity index (χ0) is 15.5. The molecule has 1 fully saturated rings. The summed E-state index contributed by atoms with van der Waals surface area (Å²) in [5.74, 6) is -0.239. The molecule has 3 N–H and O–H groups in total. The molecular weight excluding hydrogens is 326 g/mol. The molecule has 1 aliphatic rings. The van der Waals surface area contributed by atoms with Crippen LogP contribution in [0, 0.1) is 0 Å². The largest absolute Gasteiger partial charge is 0.355 e. The quantitative estimate of drug-likeness (QED) is 0.848. The Hall–Kier alpha value is -1.15. The van der Waals surface area contributed by atoms with Crippen molar-refractivity contribution in [2.75, 3.05) is 20.1 Å². The van der Waals surface area contributed by atoms with Crippen molar-refractivity contribution in [2.45, 2.75) is 30.2 Å². The summed E-state index contributed by atoms with van der Waals surface area (Å²) in [4.78, 5) is 11.7. The van der Waals surface area contributed by atoms with E-state index < -0.39 is 10.0 Å². The third-order valence-corrected chi connectivity index (χ3v) is 5.76. The molecule has 0 saturated carbocycles. The van der Waals surface area contributed by atoms with Crippen LogP contribution in [-0.2, 0) is 10.0 Å². The lowest BCUT2D eigenvalue weighted by Gasteiger charge is -2.33. The molecule has 22 heavy (non-hydrogen) atoms. The summed E-state index contributed by atoms with van der Waals surface area (Å²) in [6, 6.07) is 5.85. The van der Waals surface area contributed by atoms with Crippen molar-refractivity contribution in [3.63, 3.8) is 0 Å². The van der Waals surface area contributed by atoms with Gasteiger partial charge < -0.3 is 11.1 Å². The number of nitrogens with one attached hydrogen (secondary N) is 1. The van der Waals surface area contributed by atoms with E-state index in [0.717, 1.165) is 19.3 Å². The zero-order valence-corrected chi connectivity index (χ0v) is 14.1. The molecule has 1 amide bonds. The van der Waals surface area contributed by atoms with Gasteiger partial charge in [-0.15, -0.1) is 12.4 Å². The van der Waals surface area contributed by atoms with Crippen molar-refractivity contribution >= 4 is 28.3 Å². The molecule has 0 spiro atoms. The smallest absolute Gasteiger partial charge is 0.251 e. The number of amides is 1. The molecule has 1 aliphatic heterocycles. The number of benzene rings is 1. The summed E-state index contributed by atoms with van der Waals surface area (Å²) in [5.41, 5.74) is 6.13. The monoisotopic (exact) mass is 347 g/mol. The minimum Gasteiger partial charge on any atom is -0.355 e. The lowest BCUT2D eigenvalue weighted by atomic mass is 10.1. The topological polar surface area (TPSA) is 92.5 Å². The van der Waals surface area contributed by atoms with E-state index in [4.69, 9.17) is 5.73 Å². The first kappa shape index (κ1) is 18.9. The molecule has 1 atom stereocenters. The number of halogens is 1. The van der Waals surface area contributed by atoms with Crippen molar-refractivity contribution in [3.8, 4) is 0 Å². The lowest BCUT2D eigenvalue weighted by molar-refractivity contribution is 0.0963. The van der Waals surface area contributed by atoms with Gasteiger partial charge in [0.25, 0.3) is 5.91 Å². The van der Waals surface area contributed by atoms with Gasteiger partial charge in [0, 0.05) is 31.7 Å². The van der Waals surface area contributed by atoms with Gasteiger partial charge in [0.2, 0.25) is 10.0 Å². The van der Waals surface area contributed by atoms with Gasteiger partial charge in [0.05, 0.1) is 4.90 Å². The number of nitrogens with zero attached hydrogens (tertiary/aromatic N) is 1. The highest BCUT2D eigenvalue weighted by molar-refractivity contribution is 7.89. The first-order valence-electron chi connectivity index (χ1n) is 7.04. The maximum absolute atomic E-state index is 12.7. The maximum Gasteiger partial charge on any atom is 0.251 e. The molecule has 1 heterocycles. The van der Waals surface area contributed by atoms with Crippen molar-refractivity contribution in [3.05, 3.63) is 29.8 Å². The molecule has 2 rings (SSSR count). The first-order chi connectivity index (χ1) is 10.0. The Kier molecular flexibility index (Phi) is 6.80. The van der Waals surface area contributed by atoms with Crippen LogP contribution < -0.4 is 11.1 Å². The van der Waals surface area contributed by atoms with Crippen LogP contribution in [0.3, 0.4) is 0 Å². The lowest BCUT2D eigenvalue weighted by Crippen LogP contribution is -2.47. The van der Waals surface area contributed by atoms with Gasteiger partial charge >= 0.3 is 0 Å². The number of carbonyl (C=O) groups excluding carboxylic acids is 1. The molecule has 8 heteroatoms. The Morgan fingerprint density at radius 3 is 2.50 bits per heavy atom. The van der Waals surface area contributed by atoms with Crippen LogP contribution in [0.2, 0.25) is 0 Å². The molecule has 0 aliphatic carbocycles. The molecule has 0 radical (unpaired) electrons. The summed E-state index contributed by atoms with van der Waals surface area (Å²) in [6.07, 6.45) is 2.65. The van der Waals surface area contributed by atoms with E-state index in [1.54, 1.807) is 0 Å². The first-order valence-corrected chi connectivity index (χ1v) is 8.48. The second-order valence-corrected chi connectivity index (χ2v) is 7.00. The van der Waals surface area contributed by atoms with Gasteiger partial charge in [0.15, 0.2) is 0 Å². The number of hydrogen-bond acceptors (Lipinski definition) is 4. The number of carbonyl (C=O) groups is 1. The maximum atomic E-state index is 12.7. The Balaban J connectivity index is 0.00000242. The summed E-state index contributed by atoms with van der Waals surface area (Å²) < 4.78 is 26.8. The highest BCUT2D eigenvalue weighted by Crippen LogP contribution is 2.25. The Bertz CT molecular complexity index is 604. The molecular formula is C14H22ClN3O3S. The van der Waals surface area contributed by atoms with Crippen LogP contribution in [0.4, 0.5) is 0 Å². The summed E-state index contributed by atoms with van der Waals surface area (Å²) >= 11 is 0. The molecule has 1 unspecified atom stereocenters. The van der Waals surface area contributed by atoms with Crippen LogP contribution in [0.5, 0.6) is 0 Å². The Morgan fingerprint density at radius 2 is 1.95 bits per heavy atom. The van der Waals surface area contributed by atoms with E-state index in [1.165, 1.54) is 35.6 Å². The van der Waals surface area contributed by atoms with E-state index in [2.05, 4.69) is 5.32 Å². The van der Waals surface area contributed by atoms with Gasteiger partial charge in [0.1, 0.15) is 0 Å². The fourth-order valence-electron chi connectivity index (χ4n) is 2.58. The molecule has 1 saturated heterocycles. The van der Waals surface area contributed by atoms with E-state index in [-0.39, 0.29) is 29.3 Å². The van der Waals surface area contributed by atoms with E-state index in [0.29, 0.717) is 18.7 Å². The van der Waals surface area contributed by atoms with Crippen LogP contribution in [0.25, 0.3) is 0 Å². The fraction of sp³-hybridized carbons (Fsp3) is 0.500. The Morgan fingerprint density at radius 1 is 1.32 bits per heavy atom. The number of hydrogen-bond donors (Lipinski definition) is 2. The second-order valence-electron chi connectivity index (χ2n) is 5.10. The van der Waals surface area contributed by atoms with E-state index >= 15 is 0 Å². The molecule has 1 aromatic rings. The highest BCUT2D eigenvalue weighted by Gasteiger charge is 2.32. The molecule has 0 bridgehead atoms. The van der Waals surface area contributed by atoms with Crippen LogP contribution in [0.1, 0.15) is 29.6 Å². The fourth-order valence-corrected chi connectivity index (χ4v) is 4.29. The van der Waals surface area contributed by atoms with E-state index in [9.17, 15) is 13.2 Å².